The highest BCUT2D eigenvalue weighted by molar-refractivity contribution is 6.33. The normalized spacial score (nSPS) is 14.5. The lowest BCUT2D eigenvalue weighted by Crippen LogP contribution is -2.06. The van der Waals surface area contributed by atoms with Crippen molar-refractivity contribution in [2.45, 2.75) is 13.3 Å². The average Bonchev–Trinajstić information content (AvgIpc) is 3.07. The summed E-state index contributed by atoms with van der Waals surface area (Å²) in [4.78, 5) is 26.8. The number of nitro benzene ring substituents is 1. The molecule has 1 aliphatic rings. The predicted octanol–water partition coefficient (Wildman–Crippen LogP) is 5.04. The van der Waals surface area contributed by atoms with E-state index in [1.54, 1.807) is 12.1 Å². The van der Waals surface area contributed by atoms with Crippen molar-refractivity contribution in [3.05, 3.63) is 67.3 Å². The van der Waals surface area contributed by atoms with Gasteiger partial charge in [-0.2, -0.15) is 0 Å². The second-order valence-electron chi connectivity index (χ2n) is 6.14. The third-order valence-corrected chi connectivity index (χ3v) is 4.62. The van der Waals surface area contributed by atoms with Gasteiger partial charge in [-0.25, -0.2) is 9.79 Å². The van der Waals surface area contributed by atoms with Crippen LogP contribution in [0.25, 0.3) is 6.08 Å². The number of nitro groups is 1. The Morgan fingerprint density at radius 3 is 2.67 bits per heavy atom. The van der Waals surface area contributed by atoms with Crippen LogP contribution in [0.15, 0.2) is 41.0 Å². The summed E-state index contributed by atoms with van der Waals surface area (Å²) in [5.74, 6) is 0.0532. The van der Waals surface area contributed by atoms with Gasteiger partial charge in [-0.3, -0.25) is 10.1 Å². The molecule has 0 amide bonds. The van der Waals surface area contributed by atoms with Crippen molar-refractivity contribution in [2.24, 2.45) is 4.99 Å². The Morgan fingerprint density at radius 1 is 1.23 bits per heavy atom. The van der Waals surface area contributed by atoms with Gasteiger partial charge in [-0.05, 0) is 42.3 Å². The molecule has 0 radical (unpaired) electrons. The fourth-order valence-electron chi connectivity index (χ4n) is 2.64. The molecule has 0 saturated heterocycles. The molecule has 8 nitrogen and oxygen atoms in total. The van der Waals surface area contributed by atoms with Crippen LogP contribution in [0, 0.1) is 10.1 Å². The Balaban J connectivity index is 1.96. The zero-order valence-corrected chi connectivity index (χ0v) is 17.5. The minimum atomic E-state index is -0.705. The average molecular weight is 451 g/mol. The van der Waals surface area contributed by atoms with Gasteiger partial charge in [0.15, 0.2) is 17.2 Å². The summed E-state index contributed by atoms with van der Waals surface area (Å²) in [6.07, 6.45) is 2.27. The maximum atomic E-state index is 12.2. The second-order valence-corrected chi connectivity index (χ2v) is 6.96. The van der Waals surface area contributed by atoms with Crippen LogP contribution in [0.5, 0.6) is 11.5 Å². The van der Waals surface area contributed by atoms with Crippen molar-refractivity contribution < 1.29 is 23.9 Å². The lowest BCUT2D eigenvalue weighted by Gasteiger charge is -2.12. The van der Waals surface area contributed by atoms with Crippen LogP contribution in [-0.4, -0.2) is 30.5 Å². The highest BCUT2D eigenvalue weighted by Gasteiger charge is 2.26. The number of halogens is 2. The molecule has 0 bridgehead atoms. The first-order valence-electron chi connectivity index (χ1n) is 8.81. The number of carbonyl (C=O) groups excluding carboxylic acids is 1. The first-order chi connectivity index (χ1) is 14.3. The summed E-state index contributed by atoms with van der Waals surface area (Å²) >= 11 is 12.1. The molecule has 0 aliphatic carbocycles. The summed E-state index contributed by atoms with van der Waals surface area (Å²) in [6, 6.07) is 7.27. The fourth-order valence-corrected chi connectivity index (χ4v) is 3.10. The Bertz CT molecular complexity index is 1080. The molecule has 1 aliphatic heterocycles. The van der Waals surface area contributed by atoms with E-state index in [9.17, 15) is 14.9 Å². The summed E-state index contributed by atoms with van der Waals surface area (Å²) in [7, 11) is 1.48. The number of aliphatic imine (C=N–C) groups is 1. The summed E-state index contributed by atoms with van der Waals surface area (Å²) < 4.78 is 16.1. The Morgan fingerprint density at radius 2 is 2.00 bits per heavy atom. The third kappa shape index (κ3) is 4.55. The number of hydrogen-bond donors (Lipinski definition) is 0. The number of rotatable bonds is 7. The van der Waals surface area contributed by atoms with Crippen molar-refractivity contribution in [3.8, 4) is 11.5 Å². The molecule has 30 heavy (non-hydrogen) atoms. The number of cyclic esters (lactones) is 1. The number of esters is 1. The highest BCUT2D eigenvalue weighted by Crippen LogP contribution is 2.37. The van der Waals surface area contributed by atoms with Crippen molar-refractivity contribution in [2.75, 3.05) is 13.7 Å². The van der Waals surface area contributed by atoms with Crippen LogP contribution in [-0.2, 0) is 9.53 Å². The summed E-state index contributed by atoms with van der Waals surface area (Å²) in [6.45, 7) is 2.44. The van der Waals surface area contributed by atoms with Gasteiger partial charge in [0.05, 0.1) is 23.7 Å². The molecule has 0 saturated carbocycles. The molecule has 2 aromatic rings. The topological polar surface area (TPSA) is 100 Å². The Kier molecular flexibility index (Phi) is 6.59. The minimum Gasteiger partial charge on any atom is -0.493 e. The van der Waals surface area contributed by atoms with E-state index < -0.39 is 10.9 Å². The van der Waals surface area contributed by atoms with E-state index >= 15 is 0 Å². The molecule has 10 heteroatoms. The van der Waals surface area contributed by atoms with Crippen molar-refractivity contribution >= 4 is 46.8 Å². The maximum Gasteiger partial charge on any atom is 0.363 e. The monoisotopic (exact) mass is 450 g/mol. The van der Waals surface area contributed by atoms with E-state index in [0.717, 1.165) is 6.42 Å². The number of ether oxygens (including phenoxy) is 3. The van der Waals surface area contributed by atoms with Gasteiger partial charge in [0.2, 0.25) is 5.90 Å². The van der Waals surface area contributed by atoms with Crippen molar-refractivity contribution in [1.82, 2.24) is 0 Å². The molecule has 0 unspecified atom stereocenters. The molecule has 0 spiro atoms. The van der Waals surface area contributed by atoms with Gasteiger partial charge < -0.3 is 14.2 Å². The molecule has 0 atom stereocenters. The Hall–Kier alpha value is -3.10. The van der Waals surface area contributed by atoms with Crippen molar-refractivity contribution in [1.29, 1.82) is 0 Å². The van der Waals surface area contributed by atoms with E-state index in [1.165, 1.54) is 31.4 Å². The summed E-state index contributed by atoms with van der Waals surface area (Å²) in [5.41, 5.74) is 0.481. The van der Waals surface area contributed by atoms with Crippen LogP contribution < -0.4 is 9.47 Å². The first kappa shape index (κ1) is 21.6. The molecule has 0 aromatic heterocycles. The van der Waals surface area contributed by atoms with Crippen LogP contribution in [0.2, 0.25) is 10.0 Å². The SMILES string of the molecule is CCCOc1c(Cl)cc(C=C2N=C(c3ccc(Cl)c([N+](=O)[O-])c3)OC2=O)cc1OC. The minimum absolute atomic E-state index is 0.00273. The number of methoxy groups -OCH3 is 1. The predicted molar refractivity (Wildman–Crippen MR) is 113 cm³/mol. The lowest BCUT2D eigenvalue weighted by atomic mass is 10.1. The van der Waals surface area contributed by atoms with Crippen LogP contribution in [0.1, 0.15) is 24.5 Å². The highest BCUT2D eigenvalue weighted by atomic mass is 35.5. The van der Waals surface area contributed by atoms with Gasteiger partial charge in [0.1, 0.15) is 5.02 Å². The fraction of sp³-hybridized carbons (Fsp3) is 0.200. The number of hydrogen-bond acceptors (Lipinski definition) is 7. The molecular formula is C20H16Cl2N2O6. The standard InChI is InChI=1S/C20H16Cl2N2O6/c1-3-6-29-18-14(22)7-11(9-17(18)28-2)8-15-20(25)30-19(23-15)12-4-5-13(21)16(10-12)24(26)27/h4-5,7-10H,3,6H2,1-2H3. The number of nitrogens with zero attached hydrogens (tertiary/aromatic N) is 2. The molecular weight excluding hydrogens is 435 g/mol. The van der Waals surface area contributed by atoms with E-state index in [0.29, 0.717) is 28.7 Å². The molecule has 2 aromatic carbocycles. The van der Waals surface area contributed by atoms with E-state index in [2.05, 4.69) is 4.99 Å². The molecule has 0 fully saturated rings. The first-order valence-corrected chi connectivity index (χ1v) is 9.56. The largest absolute Gasteiger partial charge is 0.493 e. The van der Waals surface area contributed by atoms with E-state index in [-0.39, 0.29) is 27.9 Å². The Labute approximate surface area is 181 Å². The molecule has 156 valence electrons. The van der Waals surface area contributed by atoms with Gasteiger partial charge in [0, 0.05) is 11.6 Å². The summed E-state index contributed by atoms with van der Waals surface area (Å²) in [5, 5.41) is 11.4. The quantitative estimate of drug-likeness (QED) is 0.253. The molecule has 3 rings (SSSR count). The number of benzene rings is 2. The molecule has 1 heterocycles. The number of carbonyl (C=O) groups is 1. The van der Waals surface area contributed by atoms with Gasteiger partial charge in [-0.1, -0.05) is 30.1 Å². The zero-order valence-electron chi connectivity index (χ0n) is 16.0. The lowest BCUT2D eigenvalue weighted by molar-refractivity contribution is -0.384. The van der Waals surface area contributed by atoms with Gasteiger partial charge >= 0.3 is 5.97 Å². The second kappa shape index (κ2) is 9.15. The van der Waals surface area contributed by atoms with Gasteiger partial charge in [-0.15, -0.1) is 0 Å². The maximum absolute atomic E-state index is 12.2. The van der Waals surface area contributed by atoms with E-state index in [1.807, 2.05) is 6.92 Å². The van der Waals surface area contributed by atoms with Crippen LogP contribution in [0.3, 0.4) is 0 Å². The van der Waals surface area contributed by atoms with Crippen molar-refractivity contribution in [3.63, 3.8) is 0 Å². The van der Waals surface area contributed by atoms with Gasteiger partial charge in [0.25, 0.3) is 5.69 Å². The van der Waals surface area contributed by atoms with Crippen LogP contribution >= 0.6 is 23.2 Å². The smallest absolute Gasteiger partial charge is 0.363 e. The van der Waals surface area contributed by atoms with E-state index in [4.69, 9.17) is 37.4 Å². The zero-order chi connectivity index (χ0) is 21.8. The molecule has 0 N–H and O–H groups in total. The van der Waals surface area contributed by atoms with Crippen LogP contribution in [0.4, 0.5) is 5.69 Å². The third-order valence-electron chi connectivity index (χ3n) is 4.02.